The SMILES string of the molecule is CCOC(=O)N1CCc2c(sc(NC(=O)c3ccc(S(=O)(=O)N(CCOC)CCOC)cc3)c2C(=O)N2CCCC2)C1. The Labute approximate surface area is 250 Å². The molecule has 230 valence electrons. The monoisotopic (exact) mass is 622 g/mol. The molecule has 42 heavy (non-hydrogen) atoms. The van der Waals surface area contributed by atoms with E-state index < -0.39 is 22.0 Å². The lowest BCUT2D eigenvalue weighted by Crippen LogP contribution is -2.36. The fourth-order valence-corrected chi connectivity index (χ4v) is 7.67. The van der Waals surface area contributed by atoms with Gasteiger partial charge in [-0.1, -0.05) is 0 Å². The molecule has 3 heterocycles. The Morgan fingerprint density at radius 3 is 2.21 bits per heavy atom. The maximum absolute atomic E-state index is 13.6. The molecule has 2 aromatic rings. The molecule has 1 N–H and O–H groups in total. The van der Waals surface area contributed by atoms with E-state index in [0.29, 0.717) is 43.2 Å². The fourth-order valence-electron chi connectivity index (χ4n) is 5.01. The Kier molecular flexibility index (Phi) is 11.0. The highest BCUT2D eigenvalue weighted by molar-refractivity contribution is 7.89. The molecule has 1 aromatic heterocycles. The zero-order chi connectivity index (χ0) is 30.3. The van der Waals surface area contributed by atoms with Crippen molar-refractivity contribution in [1.82, 2.24) is 14.1 Å². The average Bonchev–Trinajstić information content (AvgIpc) is 3.65. The molecule has 2 aliphatic rings. The molecule has 0 unspecified atom stereocenters. The lowest BCUT2D eigenvalue weighted by molar-refractivity contribution is 0.0792. The van der Waals surface area contributed by atoms with Crippen LogP contribution in [0.15, 0.2) is 29.2 Å². The van der Waals surface area contributed by atoms with Crippen LogP contribution in [0.25, 0.3) is 0 Å². The van der Waals surface area contributed by atoms with Crippen LogP contribution in [0, 0.1) is 0 Å². The van der Waals surface area contributed by atoms with Gasteiger partial charge in [0.25, 0.3) is 11.8 Å². The van der Waals surface area contributed by atoms with Crippen LogP contribution in [0.1, 0.15) is 50.9 Å². The molecule has 4 rings (SSSR count). The smallest absolute Gasteiger partial charge is 0.410 e. The van der Waals surface area contributed by atoms with E-state index in [4.69, 9.17) is 14.2 Å². The van der Waals surface area contributed by atoms with Gasteiger partial charge in [-0.15, -0.1) is 11.3 Å². The van der Waals surface area contributed by atoms with Crippen molar-refractivity contribution in [3.8, 4) is 0 Å². The number of benzene rings is 1. The Bertz CT molecular complexity index is 1360. The first-order valence-electron chi connectivity index (χ1n) is 14.0. The summed E-state index contributed by atoms with van der Waals surface area (Å²) in [5, 5.41) is 3.32. The molecule has 1 fully saturated rings. The molecule has 12 nitrogen and oxygen atoms in total. The van der Waals surface area contributed by atoms with Crippen molar-refractivity contribution < 1.29 is 37.0 Å². The van der Waals surface area contributed by atoms with Crippen molar-refractivity contribution in [1.29, 1.82) is 0 Å². The van der Waals surface area contributed by atoms with Gasteiger partial charge in [-0.25, -0.2) is 13.2 Å². The third kappa shape index (κ3) is 7.11. The molecule has 0 aliphatic carbocycles. The van der Waals surface area contributed by atoms with Crippen molar-refractivity contribution in [2.75, 3.05) is 72.1 Å². The van der Waals surface area contributed by atoms with Gasteiger partial charge in [0.1, 0.15) is 5.00 Å². The van der Waals surface area contributed by atoms with Crippen LogP contribution in [-0.4, -0.2) is 107 Å². The number of carbonyl (C=O) groups is 3. The lowest BCUT2D eigenvalue weighted by atomic mass is 10.0. The maximum Gasteiger partial charge on any atom is 0.410 e. The lowest BCUT2D eigenvalue weighted by Gasteiger charge is -2.26. The minimum Gasteiger partial charge on any atom is -0.450 e. The molecule has 0 radical (unpaired) electrons. The molecule has 14 heteroatoms. The number of anilines is 1. The number of nitrogens with one attached hydrogen (secondary N) is 1. The standard InChI is InChI=1S/C28H38N4O8S2/c1-4-40-28(35)31-14-11-22-23(19-31)41-26(24(22)27(34)30-12-5-6-13-30)29-25(33)20-7-9-21(10-8-20)42(36,37)32(15-17-38-2)16-18-39-3/h7-10H,4-6,11-19H2,1-3H3,(H,29,33). The average molecular weight is 623 g/mol. The van der Waals surface area contributed by atoms with Gasteiger partial charge in [0.2, 0.25) is 10.0 Å². The number of hydrogen-bond acceptors (Lipinski definition) is 9. The van der Waals surface area contributed by atoms with Gasteiger partial charge in [-0.2, -0.15) is 4.31 Å². The van der Waals surface area contributed by atoms with Crippen molar-refractivity contribution in [3.05, 3.63) is 45.8 Å². The second-order valence-electron chi connectivity index (χ2n) is 9.95. The number of ether oxygens (including phenoxy) is 3. The Morgan fingerprint density at radius 1 is 0.976 bits per heavy atom. The van der Waals surface area contributed by atoms with E-state index in [2.05, 4.69) is 5.32 Å². The summed E-state index contributed by atoms with van der Waals surface area (Å²) in [5.41, 5.74) is 1.56. The number of methoxy groups -OCH3 is 2. The first-order chi connectivity index (χ1) is 20.2. The molecule has 2 aliphatic heterocycles. The van der Waals surface area contributed by atoms with Crippen LogP contribution in [-0.2, 0) is 37.2 Å². The normalized spacial score (nSPS) is 15.1. The summed E-state index contributed by atoms with van der Waals surface area (Å²) in [6.07, 6.45) is 1.93. The van der Waals surface area contributed by atoms with Gasteiger partial charge in [-0.05, 0) is 56.0 Å². The van der Waals surface area contributed by atoms with E-state index in [1.807, 2.05) is 0 Å². The van der Waals surface area contributed by atoms with Crippen molar-refractivity contribution >= 4 is 44.3 Å². The second-order valence-corrected chi connectivity index (χ2v) is 13.0. The van der Waals surface area contributed by atoms with Crippen molar-refractivity contribution in [3.63, 3.8) is 0 Å². The molecule has 0 bridgehead atoms. The summed E-state index contributed by atoms with van der Waals surface area (Å²) in [6.45, 7) is 4.83. The van der Waals surface area contributed by atoms with Crippen LogP contribution in [0.5, 0.6) is 0 Å². The van der Waals surface area contributed by atoms with E-state index in [0.717, 1.165) is 23.3 Å². The van der Waals surface area contributed by atoms with Crippen LogP contribution >= 0.6 is 11.3 Å². The highest BCUT2D eigenvalue weighted by atomic mass is 32.2. The number of thiophene rings is 1. The number of nitrogens with zero attached hydrogens (tertiary/aromatic N) is 3. The van der Waals surface area contributed by atoms with Crippen molar-refractivity contribution in [2.24, 2.45) is 0 Å². The van der Waals surface area contributed by atoms with Gasteiger partial charge in [-0.3, -0.25) is 9.59 Å². The molecular weight excluding hydrogens is 584 g/mol. The summed E-state index contributed by atoms with van der Waals surface area (Å²) >= 11 is 1.28. The molecule has 0 saturated carbocycles. The van der Waals surface area contributed by atoms with Gasteiger partial charge < -0.3 is 29.3 Å². The molecule has 1 saturated heterocycles. The van der Waals surface area contributed by atoms with Gasteiger partial charge in [0, 0.05) is 57.4 Å². The quantitative estimate of drug-likeness (QED) is 0.382. The minimum absolute atomic E-state index is 0.0433. The summed E-state index contributed by atoms with van der Waals surface area (Å²) in [6, 6.07) is 5.68. The number of sulfonamides is 1. The van der Waals surface area contributed by atoms with E-state index in [1.165, 1.54) is 54.1 Å². The third-order valence-electron chi connectivity index (χ3n) is 7.26. The largest absolute Gasteiger partial charge is 0.450 e. The Hall–Kier alpha value is -3.04. The van der Waals surface area contributed by atoms with Gasteiger partial charge in [0.15, 0.2) is 0 Å². The number of amides is 3. The topological polar surface area (TPSA) is 135 Å². The molecular formula is C28H38N4O8S2. The predicted molar refractivity (Wildman–Crippen MR) is 157 cm³/mol. The Balaban J connectivity index is 1.57. The van der Waals surface area contributed by atoms with E-state index in [1.54, 1.807) is 16.7 Å². The number of hydrogen-bond donors (Lipinski definition) is 1. The number of rotatable bonds is 12. The molecule has 0 spiro atoms. The highest BCUT2D eigenvalue weighted by Gasteiger charge is 2.33. The minimum atomic E-state index is -3.84. The second kappa shape index (κ2) is 14.4. The maximum atomic E-state index is 13.6. The summed E-state index contributed by atoms with van der Waals surface area (Å²) < 4.78 is 43.0. The van der Waals surface area contributed by atoms with E-state index >= 15 is 0 Å². The molecule has 3 amide bonds. The van der Waals surface area contributed by atoms with Crippen LogP contribution in [0.4, 0.5) is 9.80 Å². The zero-order valence-corrected chi connectivity index (χ0v) is 25.9. The highest BCUT2D eigenvalue weighted by Crippen LogP contribution is 2.39. The summed E-state index contributed by atoms with van der Waals surface area (Å²) in [7, 11) is -0.844. The molecule has 1 aromatic carbocycles. The van der Waals surface area contributed by atoms with E-state index in [-0.39, 0.29) is 49.3 Å². The molecule has 0 atom stereocenters. The summed E-state index contributed by atoms with van der Waals surface area (Å²) in [4.78, 5) is 43.6. The van der Waals surface area contributed by atoms with Gasteiger partial charge in [0.05, 0.1) is 36.8 Å². The number of fused-ring (bicyclic) bond motifs is 1. The van der Waals surface area contributed by atoms with Crippen LogP contribution < -0.4 is 5.32 Å². The van der Waals surface area contributed by atoms with Crippen LogP contribution in [0.3, 0.4) is 0 Å². The summed E-state index contributed by atoms with van der Waals surface area (Å²) in [5.74, 6) is -0.593. The van der Waals surface area contributed by atoms with Crippen molar-refractivity contribution in [2.45, 2.75) is 37.6 Å². The fraction of sp³-hybridized carbons (Fsp3) is 0.536. The van der Waals surface area contributed by atoms with Crippen LogP contribution in [0.2, 0.25) is 0 Å². The Morgan fingerprint density at radius 2 is 1.62 bits per heavy atom. The van der Waals surface area contributed by atoms with Gasteiger partial charge >= 0.3 is 6.09 Å². The first-order valence-corrected chi connectivity index (χ1v) is 16.2. The number of likely N-dealkylation sites (tertiary alicyclic amines) is 1. The predicted octanol–water partition coefficient (Wildman–Crippen LogP) is 3.03. The first kappa shape index (κ1) is 31.9. The third-order valence-corrected chi connectivity index (χ3v) is 10.3. The number of carbonyl (C=O) groups excluding carboxylic acids is 3. The van der Waals surface area contributed by atoms with E-state index in [9.17, 15) is 22.8 Å². The zero-order valence-electron chi connectivity index (χ0n) is 24.2.